The SMILES string of the molecule is CCc1cnccc1C(N)Cc1ccc(F)cc1F. The first-order chi connectivity index (χ1) is 9.11. The van der Waals surface area contributed by atoms with Gasteiger partial charge in [-0.15, -0.1) is 0 Å². The van der Waals surface area contributed by atoms with Crippen LogP contribution in [0.3, 0.4) is 0 Å². The molecule has 0 fully saturated rings. The Morgan fingerprint density at radius 1 is 1.21 bits per heavy atom. The van der Waals surface area contributed by atoms with Crippen LogP contribution in [0.2, 0.25) is 0 Å². The highest BCUT2D eigenvalue weighted by atomic mass is 19.1. The maximum absolute atomic E-state index is 13.6. The van der Waals surface area contributed by atoms with E-state index in [0.717, 1.165) is 23.6 Å². The lowest BCUT2D eigenvalue weighted by molar-refractivity contribution is 0.562. The first kappa shape index (κ1) is 13.6. The van der Waals surface area contributed by atoms with Crippen molar-refractivity contribution >= 4 is 0 Å². The molecule has 1 aromatic carbocycles. The third-order valence-electron chi connectivity index (χ3n) is 3.18. The van der Waals surface area contributed by atoms with Gasteiger partial charge >= 0.3 is 0 Å². The molecule has 2 aromatic rings. The molecule has 4 heteroatoms. The fourth-order valence-corrected chi connectivity index (χ4v) is 2.13. The second kappa shape index (κ2) is 5.89. The van der Waals surface area contributed by atoms with Crippen LogP contribution in [0.15, 0.2) is 36.7 Å². The summed E-state index contributed by atoms with van der Waals surface area (Å²) < 4.78 is 26.4. The summed E-state index contributed by atoms with van der Waals surface area (Å²) in [5.74, 6) is -1.13. The maximum Gasteiger partial charge on any atom is 0.129 e. The maximum atomic E-state index is 13.6. The van der Waals surface area contributed by atoms with Gasteiger partial charge in [-0.05, 0) is 41.7 Å². The van der Waals surface area contributed by atoms with Gasteiger partial charge in [0.15, 0.2) is 0 Å². The minimum absolute atomic E-state index is 0.321. The summed E-state index contributed by atoms with van der Waals surface area (Å²) in [5, 5.41) is 0. The molecule has 0 saturated carbocycles. The first-order valence-corrected chi connectivity index (χ1v) is 6.24. The minimum Gasteiger partial charge on any atom is -0.324 e. The molecule has 0 saturated heterocycles. The van der Waals surface area contributed by atoms with E-state index in [-0.39, 0.29) is 6.04 Å². The molecule has 1 atom stereocenters. The van der Waals surface area contributed by atoms with Crippen molar-refractivity contribution in [3.8, 4) is 0 Å². The van der Waals surface area contributed by atoms with Gasteiger partial charge < -0.3 is 5.73 Å². The lowest BCUT2D eigenvalue weighted by Gasteiger charge is -2.16. The number of rotatable bonds is 4. The second-order valence-corrected chi connectivity index (χ2v) is 4.47. The number of pyridine rings is 1. The third-order valence-corrected chi connectivity index (χ3v) is 3.18. The zero-order valence-electron chi connectivity index (χ0n) is 10.7. The van der Waals surface area contributed by atoms with Crippen LogP contribution >= 0.6 is 0 Å². The highest BCUT2D eigenvalue weighted by Gasteiger charge is 2.13. The van der Waals surface area contributed by atoms with Gasteiger partial charge in [0.1, 0.15) is 11.6 Å². The quantitative estimate of drug-likeness (QED) is 0.919. The molecule has 0 aliphatic heterocycles. The largest absolute Gasteiger partial charge is 0.324 e. The molecular weight excluding hydrogens is 246 g/mol. The van der Waals surface area contributed by atoms with E-state index in [1.807, 2.05) is 13.0 Å². The van der Waals surface area contributed by atoms with Gasteiger partial charge in [-0.3, -0.25) is 4.98 Å². The van der Waals surface area contributed by atoms with Gasteiger partial charge in [-0.1, -0.05) is 13.0 Å². The van der Waals surface area contributed by atoms with Crippen molar-refractivity contribution in [2.24, 2.45) is 5.73 Å². The molecule has 2 N–H and O–H groups in total. The Bertz CT molecular complexity index is 570. The number of nitrogens with two attached hydrogens (primary N) is 1. The molecule has 2 rings (SSSR count). The van der Waals surface area contributed by atoms with Crippen molar-refractivity contribution in [2.75, 3.05) is 0 Å². The second-order valence-electron chi connectivity index (χ2n) is 4.47. The summed E-state index contributed by atoms with van der Waals surface area (Å²) in [5.41, 5.74) is 8.56. The summed E-state index contributed by atoms with van der Waals surface area (Å²) in [6, 6.07) is 5.11. The normalized spacial score (nSPS) is 12.4. The van der Waals surface area contributed by atoms with Gasteiger partial charge in [-0.25, -0.2) is 8.78 Å². The molecule has 0 aliphatic carbocycles. The van der Waals surface area contributed by atoms with Crippen molar-refractivity contribution in [1.29, 1.82) is 0 Å². The molecule has 0 radical (unpaired) electrons. The molecule has 0 aliphatic rings. The number of hydrogen-bond donors (Lipinski definition) is 1. The third kappa shape index (κ3) is 3.15. The predicted molar refractivity (Wildman–Crippen MR) is 70.6 cm³/mol. The first-order valence-electron chi connectivity index (χ1n) is 6.24. The monoisotopic (exact) mass is 262 g/mol. The van der Waals surface area contributed by atoms with Gasteiger partial charge in [0.25, 0.3) is 0 Å². The average Bonchev–Trinajstić information content (AvgIpc) is 2.41. The molecular formula is C15H16F2N2. The molecule has 0 bridgehead atoms. The van der Waals surface area contributed by atoms with E-state index in [1.165, 1.54) is 12.1 Å². The van der Waals surface area contributed by atoms with Crippen molar-refractivity contribution in [3.63, 3.8) is 0 Å². The minimum atomic E-state index is -0.576. The van der Waals surface area contributed by atoms with Crippen LogP contribution in [0.25, 0.3) is 0 Å². The average molecular weight is 262 g/mol. The molecule has 0 amide bonds. The van der Waals surface area contributed by atoms with E-state index in [4.69, 9.17) is 5.73 Å². The van der Waals surface area contributed by atoms with Crippen molar-refractivity contribution in [1.82, 2.24) is 4.98 Å². The number of hydrogen-bond acceptors (Lipinski definition) is 2. The van der Waals surface area contributed by atoms with E-state index in [0.29, 0.717) is 12.0 Å². The van der Waals surface area contributed by atoms with E-state index in [9.17, 15) is 8.78 Å². The van der Waals surface area contributed by atoms with Crippen LogP contribution in [-0.4, -0.2) is 4.98 Å². The zero-order chi connectivity index (χ0) is 13.8. The van der Waals surface area contributed by atoms with Crippen LogP contribution < -0.4 is 5.73 Å². The Morgan fingerprint density at radius 3 is 2.68 bits per heavy atom. The summed E-state index contributed by atoms with van der Waals surface area (Å²) in [7, 11) is 0. The van der Waals surface area contributed by atoms with Crippen LogP contribution in [0, 0.1) is 11.6 Å². The standard InChI is InChI=1S/C15H16F2N2/c1-2-10-9-19-6-5-13(10)15(18)7-11-3-4-12(16)8-14(11)17/h3-6,8-9,15H,2,7,18H2,1H3. The highest BCUT2D eigenvalue weighted by molar-refractivity contribution is 5.29. The number of aromatic nitrogens is 1. The van der Waals surface area contributed by atoms with Gasteiger partial charge in [0.05, 0.1) is 0 Å². The summed E-state index contributed by atoms with van der Waals surface area (Å²) >= 11 is 0. The Hall–Kier alpha value is -1.81. The van der Waals surface area contributed by atoms with Crippen LogP contribution in [0.1, 0.15) is 29.7 Å². The molecule has 1 heterocycles. The van der Waals surface area contributed by atoms with E-state index < -0.39 is 11.6 Å². The summed E-state index contributed by atoms with van der Waals surface area (Å²) in [6.07, 6.45) is 4.61. The van der Waals surface area contributed by atoms with E-state index in [1.54, 1.807) is 12.4 Å². The van der Waals surface area contributed by atoms with Crippen LogP contribution in [-0.2, 0) is 12.8 Å². The predicted octanol–water partition coefficient (Wildman–Crippen LogP) is 3.16. The summed E-state index contributed by atoms with van der Waals surface area (Å²) in [6.45, 7) is 2.02. The van der Waals surface area contributed by atoms with Crippen molar-refractivity contribution in [3.05, 3.63) is 65.0 Å². The number of halogens is 2. The molecule has 1 unspecified atom stereocenters. The summed E-state index contributed by atoms with van der Waals surface area (Å²) in [4.78, 5) is 4.06. The Balaban J connectivity index is 2.23. The van der Waals surface area contributed by atoms with Gasteiger partial charge in [-0.2, -0.15) is 0 Å². The highest BCUT2D eigenvalue weighted by Crippen LogP contribution is 2.21. The number of aryl methyl sites for hydroxylation is 1. The smallest absolute Gasteiger partial charge is 0.129 e. The molecule has 2 nitrogen and oxygen atoms in total. The molecule has 19 heavy (non-hydrogen) atoms. The number of benzene rings is 1. The Morgan fingerprint density at radius 2 is 2.00 bits per heavy atom. The zero-order valence-corrected chi connectivity index (χ0v) is 10.7. The lowest BCUT2D eigenvalue weighted by Crippen LogP contribution is -2.16. The number of nitrogens with zero attached hydrogens (tertiary/aromatic N) is 1. The van der Waals surface area contributed by atoms with Crippen LogP contribution in [0.5, 0.6) is 0 Å². The molecule has 1 aromatic heterocycles. The van der Waals surface area contributed by atoms with E-state index >= 15 is 0 Å². The molecule has 0 spiro atoms. The van der Waals surface area contributed by atoms with E-state index in [2.05, 4.69) is 4.98 Å². The fourth-order valence-electron chi connectivity index (χ4n) is 2.13. The van der Waals surface area contributed by atoms with Crippen molar-refractivity contribution in [2.45, 2.75) is 25.8 Å². The van der Waals surface area contributed by atoms with Crippen molar-refractivity contribution < 1.29 is 8.78 Å². The van der Waals surface area contributed by atoms with Gasteiger partial charge in [0.2, 0.25) is 0 Å². The Labute approximate surface area is 111 Å². The lowest BCUT2D eigenvalue weighted by atomic mass is 9.95. The van der Waals surface area contributed by atoms with Crippen LogP contribution in [0.4, 0.5) is 8.78 Å². The topological polar surface area (TPSA) is 38.9 Å². The fraction of sp³-hybridized carbons (Fsp3) is 0.267. The van der Waals surface area contributed by atoms with Gasteiger partial charge in [0, 0.05) is 24.5 Å². The Kier molecular flexibility index (Phi) is 4.22. The molecule has 100 valence electrons.